The number of piperidine rings is 1. The molecule has 0 radical (unpaired) electrons. The van der Waals surface area contributed by atoms with Crippen LogP contribution < -0.4 is 0 Å². The maximum absolute atomic E-state index is 12.6. The average Bonchev–Trinajstić information content (AvgIpc) is 2.93. The summed E-state index contributed by atoms with van der Waals surface area (Å²) in [4.78, 5) is 1.92. The smallest absolute Gasteiger partial charge is 0.336 e. The van der Waals surface area contributed by atoms with Crippen molar-refractivity contribution >= 4 is 45.0 Å². The molecular formula is C20H19Cl2F3N2. The minimum Gasteiger partial charge on any atom is -0.336 e. The van der Waals surface area contributed by atoms with Crippen molar-refractivity contribution in [3.8, 4) is 0 Å². The molecule has 144 valence electrons. The van der Waals surface area contributed by atoms with E-state index in [-0.39, 0.29) is 12.6 Å². The normalized spacial score (nSPS) is 19.2. The molecular weight excluding hydrogens is 396 g/mol. The maximum Gasteiger partial charge on any atom is 0.390 e. The SMILES string of the molecule is FC(F)(F)CCN1CCC[C@H](n2c3ccc(Cl)cc3c3cc(Cl)ccc32)C1. The Kier molecular flexibility index (Phi) is 5.04. The quantitative estimate of drug-likeness (QED) is 0.463. The van der Waals surface area contributed by atoms with E-state index < -0.39 is 12.6 Å². The number of fused-ring (bicyclic) bond motifs is 3. The Bertz CT molecular complexity index is 921. The van der Waals surface area contributed by atoms with Crippen LogP contribution in [0.1, 0.15) is 25.3 Å². The molecule has 0 bridgehead atoms. The van der Waals surface area contributed by atoms with Gasteiger partial charge in [-0.3, -0.25) is 0 Å². The van der Waals surface area contributed by atoms with Gasteiger partial charge in [0.2, 0.25) is 0 Å². The lowest BCUT2D eigenvalue weighted by Crippen LogP contribution is -2.38. The highest BCUT2D eigenvalue weighted by atomic mass is 35.5. The molecule has 0 amide bonds. The van der Waals surface area contributed by atoms with Gasteiger partial charge < -0.3 is 9.47 Å². The van der Waals surface area contributed by atoms with Gasteiger partial charge in [0.1, 0.15) is 0 Å². The summed E-state index contributed by atoms with van der Waals surface area (Å²) in [5.74, 6) is 0. The van der Waals surface area contributed by atoms with Gasteiger partial charge in [-0.2, -0.15) is 13.2 Å². The predicted octanol–water partition coefficient (Wildman–Crippen LogP) is 6.69. The number of alkyl halides is 3. The number of halogens is 5. The standard InChI is InChI=1S/C20H19Cl2F3N2/c21-13-3-5-18-16(10-13)17-11-14(22)4-6-19(17)27(18)15-2-1-8-26(12-15)9-7-20(23,24)25/h3-6,10-11,15H,1-2,7-9,12H2/t15-/m0/s1. The predicted molar refractivity (Wildman–Crippen MR) is 105 cm³/mol. The third-order valence-corrected chi connectivity index (χ3v) is 5.75. The van der Waals surface area contributed by atoms with Gasteiger partial charge in [0.15, 0.2) is 0 Å². The number of hydrogen-bond donors (Lipinski definition) is 0. The van der Waals surface area contributed by atoms with Gasteiger partial charge in [-0.25, -0.2) is 0 Å². The highest BCUT2D eigenvalue weighted by molar-refractivity contribution is 6.33. The van der Waals surface area contributed by atoms with Gasteiger partial charge in [0.05, 0.1) is 6.42 Å². The van der Waals surface area contributed by atoms with Gasteiger partial charge in [-0.15, -0.1) is 0 Å². The zero-order valence-corrected chi connectivity index (χ0v) is 16.1. The fraction of sp³-hybridized carbons (Fsp3) is 0.400. The van der Waals surface area contributed by atoms with E-state index in [1.165, 1.54) is 0 Å². The largest absolute Gasteiger partial charge is 0.390 e. The molecule has 0 N–H and O–H groups in total. The molecule has 27 heavy (non-hydrogen) atoms. The summed E-state index contributed by atoms with van der Waals surface area (Å²) in [6.07, 6.45) is -3.07. The number of aromatic nitrogens is 1. The van der Waals surface area contributed by atoms with Gasteiger partial charge in [-0.1, -0.05) is 23.2 Å². The van der Waals surface area contributed by atoms with Gasteiger partial charge in [0, 0.05) is 51.0 Å². The first-order valence-corrected chi connectivity index (χ1v) is 9.75. The zero-order valence-electron chi connectivity index (χ0n) is 14.6. The van der Waals surface area contributed by atoms with Crippen LogP contribution in [0.5, 0.6) is 0 Å². The van der Waals surface area contributed by atoms with Crippen LogP contribution in [-0.4, -0.2) is 35.3 Å². The topological polar surface area (TPSA) is 8.17 Å². The van der Waals surface area contributed by atoms with Gasteiger partial charge >= 0.3 is 6.18 Å². The minimum absolute atomic E-state index is 0.0504. The zero-order chi connectivity index (χ0) is 19.2. The molecule has 1 atom stereocenters. The summed E-state index contributed by atoms with van der Waals surface area (Å²) in [6, 6.07) is 11.7. The lowest BCUT2D eigenvalue weighted by atomic mass is 10.0. The van der Waals surface area contributed by atoms with Crippen LogP contribution >= 0.6 is 23.2 Å². The van der Waals surface area contributed by atoms with Crippen molar-refractivity contribution in [2.75, 3.05) is 19.6 Å². The number of likely N-dealkylation sites (tertiary alicyclic amines) is 1. The van der Waals surface area contributed by atoms with E-state index in [1.807, 2.05) is 41.3 Å². The summed E-state index contributed by atoms with van der Waals surface area (Å²) in [6.45, 7) is 1.37. The molecule has 1 aliphatic rings. The van der Waals surface area contributed by atoms with Crippen molar-refractivity contribution < 1.29 is 13.2 Å². The van der Waals surface area contributed by atoms with Crippen molar-refractivity contribution in [1.82, 2.24) is 9.47 Å². The molecule has 0 aliphatic carbocycles. The summed E-state index contributed by atoms with van der Waals surface area (Å²) in [7, 11) is 0. The molecule has 4 rings (SSSR count). The second-order valence-electron chi connectivity index (χ2n) is 7.15. The minimum atomic E-state index is -4.12. The first-order valence-electron chi connectivity index (χ1n) is 9.00. The van der Waals surface area contributed by atoms with Crippen molar-refractivity contribution in [1.29, 1.82) is 0 Å². The van der Waals surface area contributed by atoms with Gasteiger partial charge in [-0.05, 0) is 55.8 Å². The van der Waals surface area contributed by atoms with E-state index >= 15 is 0 Å². The van der Waals surface area contributed by atoms with Gasteiger partial charge in [0.25, 0.3) is 0 Å². The molecule has 7 heteroatoms. The molecule has 1 fully saturated rings. The number of rotatable bonds is 3. The Morgan fingerprint density at radius 3 is 2.11 bits per heavy atom. The van der Waals surface area contributed by atoms with Crippen molar-refractivity contribution in [2.45, 2.75) is 31.5 Å². The summed E-state index contributed by atoms with van der Waals surface area (Å²) < 4.78 is 40.1. The monoisotopic (exact) mass is 414 g/mol. The van der Waals surface area contributed by atoms with Crippen LogP contribution in [0.15, 0.2) is 36.4 Å². The highest BCUT2D eigenvalue weighted by Crippen LogP contribution is 2.37. The number of nitrogens with zero attached hydrogens (tertiary/aromatic N) is 2. The third-order valence-electron chi connectivity index (χ3n) is 5.28. The summed E-state index contributed by atoms with van der Waals surface area (Å²) in [5, 5.41) is 3.34. The average molecular weight is 415 g/mol. The van der Waals surface area contributed by atoms with E-state index in [0.717, 1.165) is 34.6 Å². The molecule has 0 saturated carbocycles. The van der Waals surface area contributed by atoms with E-state index in [9.17, 15) is 13.2 Å². The molecule has 1 aromatic heterocycles. The molecule has 3 aromatic rings. The van der Waals surface area contributed by atoms with Crippen LogP contribution in [0.2, 0.25) is 10.0 Å². The molecule has 1 saturated heterocycles. The van der Waals surface area contributed by atoms with E-state index in [4.69, 9.17) is 23.2 Å². The van der Waals surface area contributed by atoms with Crippen molar-refractivity contribution in [3.63, 3.8) is 0 Å². The van der Waals surface area contributed by atoms with E-state index in [2.05, 4.69) is 4.57 Å². The van der Waals surface area contributed by atoms with E-state index in [1.54, 1.807) is 0 Å². The fourth-order valence-electron chi connectivity index (χ4n) is 4.12. The molecule has 2 aromatic carbocycles. The molecule has 2 heterocycles. The first-order chi connectivity index (χ1) is 12.8. The Labute approximate surface area is 165 Å². The second kappa shape index (κ2) is 7.19. The third kappa shape index (κ3) is 3.91. The Balaban J connectivity index is 1.73. The number of hydrogen-bond acceptors (Lipinski definition) is 1. The van der Waals surface area contributed by atoms with Crippen LogP contribution in [0.3, 0.4) is 0 Å². The Hall–Kier alpha value is -1.43. The second-order valence-corrected chi connectivity index (χ2v) is 8.03. The van der Waals surface area contributed by atoms with Crippen LogP contribution in [0.4, 0.5) is 13.2 Å². The Morgan fingerprint density at radius 1 is 0.963 bits per heavy atom. The molecule has 2 nitrogen and oxygen atoms in total. The fourth-order valence-corrected chi connectivity index (χ4v) is 4.47. The van der Waals surface area contributed by atoms with Crippen molar-refractivity contribution in [2.24, 2.45) is 0 Å². The van der Waals surface area contributed by atoms with Crippen LogP contribution in [0, 0.1) is 0 Å². The van der Waals surface area contributed by atoms with Crippen LogP contribution in [0.25, 0.3) is 21.8 Å². The maximum atomic E-state index is 12.6. The lowest BCUT2D eigenvalue weighted by molar-refractivity contribution is -0.138. The van der Waals surface area contributed by atoms with Crippen molar-refractivity contribution in [3.05, 3.63) is 46.4 Å². The number of benzene rings is 2. The summed E-state index contributed by atoms with van der Waals surface area (Å²) >= 11 is 12.4. The Morgan fingerprint density at radius 2 is 1.56 bits per heavy atom. The molecule has 1 aliphatic heterocycles. The summed E-state index contributed by atoms with van der Waals surface area (Å²) in [5.41, 5.74) is 2.08. The molecule has 0 unspecified atom stereocenters. The lowest BCUT2D eigenvalue weighted by Gasteiger charge is -2.34. The molecule has 0 spiro atoms. The first kappa shape index (κ1) is 18.9. The van der Waals surface area contributed by atoms with E-state index in [0.29, 0.717) is 23.1 Å². The van der Waals surface area contributed by atoms with Crippen LogP contribution in [-0.2, 0) is 0 Å². The highest BCUT2D eigenvalue weighted by Gasteiger charge is 2.30.